The topological polar surface area (TPSA) is 16.4 Å². The first-order valence-electron chi connectivity index (χ1n) is 21.4. The Balaban J connectivity index is 1.17. The summed E-state index contributed by atoms with van der Waals surface area (Å²) in [6.45, 7) is 4.41. The van der Waals surface area contributed by atoms with E-state index in [9.17, 15) is 0 Å². The number of anilines is 3. The van der Waals surface area contributed by atoms with Crippen LogP contribution in [-0.2, 0) is 5.41 Å². The fourth-order valence-electron chi connectivity index (χ4n) is 10.4. The van der Waals surface area contributed by atoms with E-state index < -0.39 is 0 Å². The molecule has 0 amide bonds. The van der Waals surface area contributed by atoms with Crippen molar-refractivity contribution in [2.45, 2.75) is 19.3 Å². The van der Waals surface area contributed by atoms with Crippen molar-refractivity contribution in [3.63, 3.8) is 0 Å². The highest BCUT2D eigenvalue weighted by Crippen LogP contribution is 2.52. The van der Waals surface area contributed by atoms with E-state index in [2.05, 4.69) is 74.5 Å². The summed E-state index contributed by atoms with van der Waals surface area (Å²) < 4.78 is 6.58. The zero-order valence-corrected chi connectivity index (χ0v) is 35.9. The molecule has 286 valence electrons. The maximum absolute atomic E-state index is 7.32. The lowest BCUT2D eigenvalue weighted by Crippen LogP contribution is -2.50. The minimum atomic E-state index is -0.384. The van der Waals surface area contributed by atoms with Crippen molar-refractivity contribution in [2.24, 2.45) is 0 Å². The van der Waals surface area contributed by atoms with Crippen LogP contribution in [-0.4, -0.2) is 62.8 Å². The average Bonchev–Trinajstić information content (AvgIpc) is 3.83. The van der Waals surface area contributed by atoms with Gasteiger partial charge in [-0.3, -0.25) is 0 Å². The normalized spacial score (nSPS) is 12.8. The summed E-state index contributed by atoms with van der Waals surface area (Å²) in [5.41, 5.74) is 12.9. The summed E-state index contributed by atoms with van der Waals surface area (Å²) >= 11 is 0. The Bertz CT molecular complexity index is 3580. The number of fused-ring (bicyclic) bond motifs is 8. The van der Waals surface area contributed by atoms with Gasteiger partial charge in [0.15, 0.2) is 0 Å². The summed E-state index contributed by atoms with van der Waals surface area (Å²) in [6, 6.07) is 50.5. The molecule has 10 aromatic rings. The van der Waals surface area contributed by atoms with Crippen molar-refractivity contribution in [2.75, 3.05) is 4.90 Å². The average molecular weight is 808 g/mol. The largest absolute Gasteiger partial charge is 0.455 e. The second kappa shape index (κ2) is 15.2. The third-order valence-corrected chi connectivity index (χ3v) is 13.4. The summed E-state index contributed by atoms with van der Waals surface area (Å²) in [5.74, 6) is 0. The van der Waals surface area contributed by atoms with Crippen LogP contribution >= 0.6 is 0 Å². The van der Waals surface area contributed by atoms with Crippen molar-refractivity contribution in [1.29, 1.82) is 0 Å². The van der Waals surface area contributed by atoms with Crippen molar-refractivity contribution in [3.05, 3.63) is 163 Å². The van der Waals surface area contributed by atoms with E-state index in [1.165, 1.54) is 5.56 Å². The van der Waals surface area contributed by atoms with Gasteiger partial charge in [0, 0.05) is 38.6 Å². The zero-order chi connectivity index (χ0) is 45.1. The van der Waals surface area contributed by atoms with Gasteiger partial charge in [-0.25, -0.2) is 0 Å². The van der Waals surface area contributed by atoms with Crippen molar-refractivity contribution in [1.82, 2.24) is 0 Å². The maximum atomic E-state index is 7.32. The van der Waals surface area contributed by atoms with E-state index >= 15 is 0 Å². The van der Waals surface area contributed by atoms with Crippen LogP contribution in [0.15, 0.2) is 156 Å². The first-order valence-corrected chi connectivity index (χ1v) is 21.4. The molecule has 0 unspecified atom stereocenters. The minimum Gasteiger partial charge on any atom is -0.455 e. The van der Waals surface area contributed by atoms with Crippen LogP contribution in [0.5, 0.6) is 0 Å². The molecule has 0 saturated heterocycles. The predicted molar refractivity (Wildman–Crippen MR) is 283 cm³/mol. The van der Waals surface area contributed by atoms with Gasteiger partial charge in [0.25, 0.3) is 0 Å². The standard InChI is InChI=1S/C55H31B8NO/c1-55(2)38-23-9-8-19-34(38)35-21-11-22-36(43(35)55)42-46(58)50(62)53(51(63)47(42)59)64(52-48(60)44(56)40(45(57)49(52)61)29-14-4-3-5-15-29)31-17-10-16-30(27-31)32-20-12-24-39-41(32)37-26-25-28-13-6-7-18-33(28)54(37)65-39/h3-27H,1-2H3. The van der Waals surface area contributed by atoms with E-state index in [0.717, 1.165) is 71.7 Å². The number of hydrogen-bond donors (Lipinski definition) is 0. The minimum absolute atomic E-state index is 0.163. The van der Waals surface area contributed by atoms with Gasteiger partial charge in [-0.15, -0.1) is 0 Å². The Morgan fingerprint density at radius 3 is 1.71 bits per heavy atom. The lowest BCUT2D eigenvalue weighted by molar-refractivity contribution is 0.662. The highest BCUT2D eigenvalue weighted by molar-refractivity contribution is 6.65. The van der Waals surface area contributed by atoms with Gasteiger partial charge in [-0.1, -0.05) is 185 Å². The van der Waals surface area contributed by atoms with Crippen LogP contribution in [0.3, 0.4) is 0 Å². The molecular weight excluding hydrogens is 777 g/mol. The Morgan fingerprint density at radius 1 is 0.431 bits per heavy atom. The van der Waals surface area contributed by atoms with E-state index in [1.54, 1.807) is 4.90 Å². The third-order valence-electron chi connectivity index (χ3n) is 13.4. The molecule has 0 N–H and O–H groups in total. The molecule has 9 aromatic carbocycles. The number of rotatable bonds is 6. The first kappa shape index (κ1) is 41.1. The van der Waals surface area contributed by atoms with Crippen molar-refractivity contribution in [3.8, 4) is 44.5 Å². The highest BCUT2D eigenvalue weighted by Gasteiger charge is 2.38. The molecule has 0 bridgehead atoms. The Morgan fingerprint density at radius 2 is 0.985 bits per heavy atom. The highest BCUT2D eigenvalue weighted by atomic mass is 16.3. The Hall–Kier alpha value is -6.64. The fraction of sp³-hybridized carbons (Fsp3) is 0.0545. The number of benzene rings is 9. The van der Waals surface area contributed by atoms with Gasteiger partial charge in [0.05, 0.1) is 0 Å². The van der Waals surface area contributed by atoms with Gasteiger partial charge in [-0.2, -0.15) is 0 Å². The number of hydrogen-bond acceptors (Lipinski definition) is 2. The molecule has 65 heavy (non-hydrogen) atoms. The third kappa shape index (κ3) is 6.06. The van der Waals surface area contributed by atoms with Gasteiger partial charge >= 0.3 is 0 Å². The molecule has 11 rings (SSSR count). The molecule has 0 saturated carbocycles. The van der Waals surface area contributed by atoms with Gasteiger partial charge in [0.1, 0.15) is 73.9 Å². The summed E-state index contributed by atoms with van der Waals surface area (Å²) in [6.07, 6.45) is 0. The number of furan rings is 1. The van der Waals surface area contributed by atoms with Gasteiger partial charge in [0.2, 0.25) is 0 Å². The molecule has 10 heteroatoms. The SMILES string of the molecule is [B]c1c([B])c(N(c2cccc(-c3cccc4oc5c6ccccc6ccc5c34)c2)c2c([B])c([B])c(-c3cccc4c3C(C)(C)c3ccccc3-4)c([B])c2[B])c([B])c([B])c1-c1ccccc1. The predicted octanol–water partition coefficient (Wildman–Crippen LogP) is 5.87. The molecule has 0 atom stereocenters. The first-order chi connectivity index (χ1) is 31.4. The molecule has 0 spiro atoms. The molecular formula is C55H31B8NO. The Labute approximate surface area is 390 Å². The molecule has 0 aliphatic heterocycles. The van der Waals surface area contributed by atoms with Gasteiger partial charge in [-0.05, 0) is 85.3 Å². The van der Waals surface area contributed by atoms with Crippen LogP contribution in [0.1, 0.15) is 25.0 Å². The zero-order valence-electron chi connectivity index (χ0n) is 35.9. The lowest BCUT2D eigenvalue weighted by atomic mass is 9.62. The second-order valence-electron chi connectivity index (χ2n) is 17.4. The molecule has 1 aromatic heterocycles. The smallest absolute Gasteiger partial charge is 0.143 e. The van der Waals surface area contributed by atoms with E-state index in [4.69, 9.17) is 67.2 Å². The van der Waals surface area contributed by atoms with Gasteiger partial charge < -0.3 is 9.32 Å². The molecule has 1 aliphatic rings. The van der Waals surface area contributed by atoms with Crippen LogP contribution in [0.4, 0.5) is 17.1 Å². The molecule has 1 aliphatic carbocycles. The van der Waals surface area contributed by atoms with Crippen LogP contribution in [0, 0.1) is 0 Å². The molecule has 16 radical (unpaired) electrons. The van der Waals surface area contributed by atoms with Crippen LogP contribution in [0.25, 0.3) is 77.2 Å². The molecule has 1 heterocycles. The van der Waals surface area contributed by atoms with Crippen LogP contribution < -0.4 is 48.6 Å². The maximum Gasteiger partial charge on any atom is 0.143 e. The van der Waals surface area contributed by atoms with E-state index in [1.807, 2.05) is 91.0 Å². The summed E-state index contributed by atoms with van der Waals surface area (Å²) in [5, 5.41) is 4.08. The molecule has 0 fully saturated rings. The Kier molecular flexibility index (Phi) is 9.63. The summed E-state index contributed by atoms with van der Waals surface area (Å²) in [4.78, 5) is 1.78. The van der Waals surface area contributed by atoms with Crippen molar-refractivity contribution < 1.29 is 4.42 Å². The lowest BCUT2D eigenvalue weighted by Gasteiger charge is -2.37. The monoisotopic (exact) mass is 809 g/mol. The van der Waals surface area contributed by atoms with Crippen molar-refractivity contribution >= 4 is 156 Å². The second-order valence-corrected chi connectivity index (χ2v) is 17.4. The van der Waals surface area contributed by atoms with E-state index in [0.29, 0.717) is 16.8 Å². The van der Waals surface area contributed by atoms with Crippen LogP contribution in [0.2, 0.25) is 0 Å². The quantitative estimate of drug-likeness (QED) is 0.196. The van der Waals surface area contributed by atoms with E-state index in [-0.39, 0.29) is 60.5 Å². The fourth-order valence-corrected chi connectivity index (χ4v) is 10.4. The molecule has 2 nitrogen and oxygen atoms in total. The summed E-state index contributed by atoms with van der Waals surface area (Å²) in [7, 11) is 57.4. The number of nitrogens with zero attached hydrogens (tertiary/aromatic N) is 1.